The zero-order valence-electron chi connectivity index (χ0n) is 18.1. The number of rotatable bonds is 3. The number of aromatic nitrogens is 1. The predicted octanol–water partition coefficient (Wildman–Crippen LogP) is 6.46. The van der Waals surface area contributed by atoms with Gasteiger partial charge in [0.1, 0.15) is 0 Å². The van der Waals surface area contributed by atoms with Gasteiger partial charge in [0.05, 0.1) is 39.7 Å². The van der Waals surface area contributed by atoms with Crippen LogP contribution in [-0.2, 0) is 4.74 Å². The Morgan fingerprint density at radius 3 is 2.37 bits per heavy atom. The molecule has 0 atom stereocenters. The lowest BCUT2D eigenvalue weighted by molar-refractivity contribution is -0.0132. The highest BCUT2D eigenvalue weighted by Gasteiger charge is 2.30. The fourth-order valence-electron chi connectivity index (χ4n) is 3.78. The number of benzene rings is 2. The summed E-state index contributed by atoms with van der Waals surface area (Å²) >= 11 is 6.83. The average molecular weight is 422 g/mol. The van der Waals surface area contributed by atoms with E-state index in [4.69, 9.17) is 26.6 Å². The first kappa shape index (κ1) is 22.1. The van der Waals surface area contributed by atoms with Crippen molar-refractivity contribution >= 4 is 28.2 Å². The van der Waals surface area contributed by atoms with Gasteiger partial charge in [-0.3, -0.25) is 4.98 Å². The Labute approximate surface area is 184 Å². The number of anilines is 1. The molecule has 0 radical (unpaired) electrons. The molecule has 0 saturated carbocycles. The van der Waals surface area contributed by atoms with E-state index in [-0.39, 0.29) is 5.60 Å². The molecule has 3 aromatic rings. The molecule has 30 heavy (non-hydrogen) atoms. The summed E-state index contributed by atoms with van der Waals surface area (Å²) in [6.45, 7) is 7.95. The van der Waals surface area contributed by atoms with Crippen LogP contribution in [-0.4, -0.2) is 30.8 Å². The molecule has 0 spiro atoms. The minimum atomic E-state index is -0.0595. The molecule has 5 heteroatoms. The first-order valence-electron chi connectivity index (χ1n) is 10.4. The molecule has 0 unspecified atom stereocenters. The number of ether oxygens (including phenoxy) is 1. The molecular weight excluding hydrogens is 394 g/mol. The van der Waals surface area contributed by atoms with Gasteiger partial charge in [-0.2, -0.15) is 5.26 Å². The fourth-order valence-corrected chi connectivity index (χ4v) is 4.10. The highest BCUT2D eigenvalue weighted by Crippen LogP contribution is 2.38. The Kier molecular flexibility index (Phi) is 6.97. The number of para-hydroxylation sites is 1. The van der Waals surface area contributed by atoms with E-state index in [9.17, 15) is 0 Å². The molecule has 1 saturated heterocycles. The molecule has 0 amide bonds. The van der Waals surface area contributed by atoms with E-state index >= 15 is 0 Å². The topological polar surface area (TPSA) is 49.1 Å². The third kappa shape index (κ3) is 4.28. The van der Waals surface area contributed by atoms with Gasteiger partial charge in [-0.05, 0) is 37.5 Å². The van der Waals surface area contributed by atoms with Crippen LogP contribution >= 0.6 is 11.6 Å². The van der Waals surface area contributed by atoms with Crippen LogP contribution in [0.5, 0.6) is 0 Å². The lowest BCUT2D eigenvalue weighted by Gasteiger charge is -2.39. The highest BCUT2D eigenvalue weighted by molar-refractivity contribution is 6.38. The lowest BCUT2D eigenvalue weighted by Crippen LogP contribution is -2.43. The zero-order chi connectivity index (χ0) is 21.7. The molecule has 1 aliphatic heterocycles. The van der Waals surface area contributed by atoms with Crippen molar-refractivity contribution < 1.29 is 4.74 Å². The second-order valence-electron chi connectivity index (χ2n) is 7.49. The van der Waals surface area contributed by atoms with Crippen LogP contribution in [0.2, 0.25) is 5.02 Å². The quantitative estimate of drug-likeness (QED) is 0.487. The number of pyridine rings is 1. The molecule has 0 aliphatic carbocycles. The number of methoxy groups -OCH3 is 1. The third-order valence-electron chi connectivity index (χ3n) is 5.79. The van der Waals surface area contributed by atoms with Crippen LogP contribution in [0.3, 0.4) is 0 Å². The Morgan fingerprint density at radius 1 is 1.10 bits per heavy atom. The average Bonchev–Trinajstić information content (AvgIpc) is 2.81. The zero-order valence-corrected chi connectivity index (χ0v) is 18.8. The molecule has 4 nitrogen and oxygen atoms in total. The van der Waals surface area contributed by atoms with E-state index in [1.54, 1.807) is 7.11 Å². The summed E-state index contributed by atoms with van der Waals surface area (Å²) in [5.74, 6) is 0. The van der Waals surface area contributed by atoms with Crippen molar-refractivity contribution in [2.45, 2.75) is 39.2 Å². The maximum absolute atomic E-state index is 9.02. The number of hydrogen-bond donors (Lipinski definition) is 0. The van der Waals surface area contributed by atoms with Gasteiger partial charge in [-0.25, -0.2) is 0 Å². The molecule has 1 fully saturated rings. The smallest absolute Gasteiger partial charge is 0.0991 e. The van der Waals surface area contributed by atoms with Crippen LogP contribution in [0.15, 0.2) is 48.7 Å². The van der Waals surface area contributed by atoms with Crippen molar-refractivity contribution in [3.63, 3.8) is 0 Å². The molecule has 1 aliphatic rings. The lowest BCUT2D eigenvalue weighted by atomic mass is 9.93. The number of fused-ring (bicyclic) bond motifs is 1. The van der Waals surface area contributed by atoms with Gasteiger partial charge in [0.15, 0.2) is 0 Å². The van der Waals surface area contributed by atoms with Gasteiger partial charge in [-0.1, -0.05) is 55.8 Å². The summed E-state index contributed by atoms with van der Waals surface area (Å²) in [5.41, 5.74) is 4.47. The van der Waals surface area contributed by atoms with Crippen molar-refractivity contribution in [2.75, 3.05) is 25.1 Å². The predicted molar refractivity (Wildman–Crippen MR) is 125 cm³/mol. The van der Waals surface area contributed by atoms with Gasteiger partial charge >= 0.3 is 0 Å². The summed E-state index contributed by atoms with van der Waals surface area (Å²) in [5, 5.41) is 10.7. The van der Waals surface area contributed by atoms with Crippen LogP contribution in [0, 0.1) is 11.3 Å². The van der Waals surface area contributed by atoms with Gasteiger partial charge < -0.3 is 9.64 Å². The molecule has 156 valence electrons. The van der Waals surface area contributed by atoms with Crippen molar-refractivity contribution in [3.05, 3.63) is 59.2 Å². The van der Waals surface area contributed by atoms with E-state index < -0.39 is 0 Å². The SMILES string of the molecule is CC.COC1(C)CCN(c2cnc3c(-c4ccc(C#N)cc4)cccc3c2Cl)CC1. The summed E-state index contributed by atoms with van der Waals surface area (Å²) in [4.78, 5) is 7.07. The summed E-state index contributed by atoms with van der Waals surface area (Å²) in [6.07, 6.45) is 3.81. The second-order valence-corrected chi connectivity index (χ2v) is 7.87. The molecule has 1 aromatic heterocycles. The van der Waals surface area contributed by atoms with Crippen LogP contribution in [0.25, 0.3) is 22.0 Å². The normalized spacial score (nSPS) is 15.3. The first-order valence-corrected chi connectivity index (χ1v) is 10.8. The van der Waals surface area contributed by atoms with Gasteiger partial charge in [0.25, 0.3) is 0 Å². The van der Waals surface area contributed by atoms with E-state index in [0.29, 0.717) is 5.56 Å². The molecule has 0 bridgehead atoms. The van der Waals surface area contributed by atoms with Gasteiger partial charge in [-0.15, -0.1) is 0 Å². The fraction of sp³-hybridized carbons (Fsp3) is 0.360. The van der Waals surface area contributed by atoms with E-state index in [1.165, 1.54) is 0 Å². The van der Waals surface area contributed by atoms with Crippen LogP contribution in [0.4, 0.5) is 5.69 Å². The maximum Gasteiger partial charge on any atom is 0.0991 e. The molecule has 2 heterocycles. The van der Waals surface area contributed by atoms with Crippen LogP contribution in [0.1, 0.15) is 39.2 Å². The molecule has 0 N–H and O–H groups in total. The number of nitrogens with zero attached hydrogens (tertiary/aromatic N) is 3. The maximum atomic E-state index is 9.02. The summed E-state index contributed by atoms with van der Waals surface area (Å²) in [7, 11) is 1.78. The number of piperidine rings is 1. The van der Waals surface area contributed by atoms with Crippen molar-refractivity contribution in [1.82, 2.24) is 4.98 Å². The van der Waals surface area contributed by atoms with Crippen molar-refractivity contribution in [3.8, 4) is 17.2 Å². The number of halogens is 1. The minimum Gasteiger partial charge on any atom is -0.378 e. The van der Waals surface area contributed by atoms with E-state index in [0.717, 1.165) is 58.7 Å². The first-order chi connectivity index (χ1) is 14.5. The minimum absolute atomic E-state index is 0.0595. The molecule has 4 rings (SSSR count). The third-order valence-corrected chi connectivity index (χ3v) is 6.19. The van der Waals surface area contributed by atoms with Crippen LogP contribution < -0.4 is 4.90 Å². The Hall–Kier alpha value is -2.61. The van der Waals surface area contributed by atoms with Gasteiger partial charge in [0, 0.05) is 31.1 Å². The Balaban J connectivity index is 0.00000124. The summed E-state index contributed by atoms with van der Waals surface area (Å²) in [6, 6.07) is 15.8. The number of nitriles is 1. The van der Waals surface area contributed by atoms with E-state index in [2.05, 4.69) is 17.9 Å². The van der Waals surface area contributed by atoms with Crippen molar-refractivity contribution in [2.24, 2.45) is 0 Å². The van der Waals surface area contributed by atoms with E-state index in [1.807, 2.05) is 62.5 Å². The Morgan fingerprint density at radius 2 is 1.77 bits per heavy atom. The summed E-state index contributed by atoms with van der Waals surface area (Å²) < 4.78 is 5.65. The van der Waals surface area contributed by atoms with Crippen molar-refractivity contribution in [1.29, 1.82) is 5.26 Å². The number of hydrogen-bond acceptors (Lipinski definition) is 4. The van der Waals surface area contributed by atoms with Gasteiger partial charge in [0.2, 0.25) is 0 Å². The Bertz CT molecular complexity index is 1050. The largest absolute Gasteiger partial charge is 0.378 e. The standard InChI is InChI=1S/C23H22ClN3O.C2H6/c1-23(28-2)10-12-27(13-11-23)20-15-26-22-18(4-3-5-19(22)21(20)24)17-8-6-16(14-25)7-9-17;1-2/h3-9,15H,10-13H2,1-2H3;1-2H3. The molecular formula is C25H28ClN3O. The monoisotopic (exact) mass is 421 g/mol. The highest BCUT2D eigenvalue weighted by atomic mass is 35.5. The molecule has 2 aromatic carbocycles. The second kappa shape index (κ2) is 9.47.